The molecule has 0 bridgehead atoms. The maximum absolute atomic E-state index is 11.3. The van der Waals surface area contributed by atoms with Crippen LogP contribution in [0.15, 0.2) is 0 Å². The molecule has 0 saturated heterocycles. The van der Waals surface area contributed by atoms with Gasteiger partial charge in [-0.2, -0.15) is 0 Å². The van der Waals surface area contributed by atoms with E-state index in [0.29, 0.717) is 18.9 Å². The number of hydrogen-bond acceptors (Lipinski definition) is 3. The van der Waals surface area contributed by atoms with Crippen LogP contribution in [-0.4, -0.2) is 25.7 Å². The third-order valence-electron chi connectivity index (χ3n) is 1.85. The van der Waals surface area contributed by atoms with Gasteiger partial charge in [-0.3, -0.25) is 4.79 Å². The fourth-order valence-electron chi connectivity index (χ4n) is 1.20. The van der Waals surface area contributed by atoms with Gasteiger partial charge in [-0.25, -0.2) is 0 Å². The quantitative estimate of drug-likeness (QED) is 0.395. The number of rotatable bonds is 6. The molecule has 3 heteroatoms. The highest BCUT2D eigenvalue weighted by Gasteiger charge is 2.18. The number of carbonyl (C=O) groups excluding carboxylic acids is 1. The molecule has 0 aromatic heterocycles. The largest absolute Gasteiger partial charge is 0.468 e. The lowest BCUT2D eigenvalue weighted by molar-refractivity contribution is -0.143. The van der Waals surface area contributed by atoms with Crippen LogP contribution < -0.4 is 5.32 Å². The summed E-state index contributed by atoms with van der Waals surface area (Å²) in [5, 5.41) is 3.09. The van der Waals surface area contributed by atoms with Crippen LogP contribution in [-0.2, 0) is 9.53 Å². The third-order valence-corrected chi connectivity index (χ3v) is 1.85. The summed E-state index contributed by atoms with van der Waals surface area (Å²) >= 11 is 0. The van der Waals surface area contributed by atoms with Crippen LogP contribution in [0.25, 0.3) is 0 Å². The average Bonchev–Trinajstić information content (AvgIpc) is 2.15. The average molecular weight is 197 g/mol. The Morgan fingerprint density at radius 2 is 2.21 bits per heavy atom. The first-order valence-electron chi connectivity index (χ1n) is 4.86. The van der Waals surface area contributed by atoms with E-state index >= 15 is 0 Å². The minimum Gasteiger partial charge on any atom is -0.468 e. The van der Waals surface area contributed by atoms with Gasteiger partial charge in [-0.15, -0.1) is 12.3 Å². The highest BCUT2D eigenvalue weighted by Crippen LogP contribution is 2.05. The van der Waals surface area contributed by atoms with Crippen LogP contribution in [0.2, 0.25) is 0 Å². The molecule has 0 spiro atoms. The van der Waals surface area contributed by atoms with Crippen LogP contribution in [0.4, 0.5) is 0 Å². The fourth-order valence-corrected chi connectivity index (χ4v) is 1.20. The number of hydrogen-bond donors (Lipinski definition) is 1. The van der Waals surface area contributed by atoms with Gasteiger partial charge in [0.15, 0.2) is 0 Å². The molecule has 0 aliphatic heterocycles. The summed E-state index contributed by atoms with van der Waals surface area (Å²) in [7, 11) is 1.40. The van der Waals surface area contributed by atoms with E-state index in [2.05, 4.69) is 25.1 Å². The maximum Gasteiger partial charge on any atom is 0.322 e. The van der Waals surface area contributed by atoms with E-state index in [1.165, 1.54) is 7.11 Å². The molecule has 0 rings (SSSR count). The lowest BCUT2D eigenvalue weighted by Crippen LogP contribution is -2.39. The van der Waals surface area contributed by atoms with Crippen molar-refractivity contribution in [1.29, 1.82) is 0 Å². The highest BCUT2D eigenvalue weighted by atomic mass is 16.5. The molecule has 1 unspecified atom stereocenters. The molecule has 0 aromatic rings. The zero-order valence-corrected chi connectivity index (χ0v) is 9.17. The van der Waals surface area contributed by atoms with Crippen molar-refractivity contribution in [3.63, 3.8) is 0 Å². The minimum atomic E-state index is -0.228. The van der Waals surface area contributed by atoms with Gasteiger partial charge in [0.1, 0.15) is 6.04 Å². The monoisotopic (exact) mass is 197 g/mol. The first-order valence-corrected chi connectivity index (χ1v) is 4.86. The minimum absolute atomic E-state index is 0.212. The summed E-state index contributed by atoms with van der Waals surface area (Å²) in [6, 6.07) is -0.228. The molecule has 0 aliphatic carbocycles. The highest BCUT2D eigenvalue weighted by molar-refractivity contribution is 5.75. The second-order valence-corrected chi connectivity index (χ2v) is 3.61. The summed E-state index contributed by atoms with van der Waals surface area (Å²) < 4.78 is 4.69. The Labute approximate surface area is 86.2 Å². The molecule has 1 N–H and O–H groups in total. The second kappa shape index (κ2) is 7.40. The number of carbonyl (C=O) groups is 1. The summed E-state index contributed by atoms with van der Waals surface area (Å²) in [6.07, 6.45) is 6.52. The van der Waals surface area contributed by atoms with Gasteiger partial charge in [-0.1, -0.05) is 13.8 Å². The maximum atomic E-state index is 11.3. The molecule has 0 amide bonds. The molecular weight excluding hydrogens is 178 g/mol. The standard InChI is InChI=1S/C11H19NO2/c1-5-6-7-12-10(8-9(2)3)11(13)14-4/h1,9-10,12H,6-8H2,2-4H3. The van der Waals surface area contributed by atoms with E-state index in [1.54, 1.807) is 0 Å². The zero-order chi connectivity index (χ0) is 11.0. The van der Waals surface area contributed by atoms with Crippen molar-refractivity contribution >= 4 is 5.97 Å². The Hall–Kier alpha value is -1.01. The van der Waals surface area contributed by atoms with E-state index < -0.39 is 0 Å². The first-order chi connectivity index (χ1) is 6.61. The molecule has 1 atom stereocenters. The lowest BCUT2D eigenvalue weighted by atomic mass is 10.0. The smallest absolute Gasteiger partial charge is 0.322 e. The van der Waals surface area contributed by atoms with Crippen molar-refractivity contribution in [2.75, 3.05) is 13.7 Å². The first kappa shape index (κ1) is 13.0. The van der Waals surface area contributed by atoms with Crippen LogP contribution in [0.1, 0.15) is 26.7 Å². The van der Waals surface area contributed by atoms with Crippen LogP contribution in [0.5, 0.6) is 0 Å². The molecule has 3 nitrogen and oxygen atoms in total. The number of terminal acetylenes is 1. The molecule has 14 heavy (non-hydrogen) atoms. The van der Waals surface area contributed by atoms with Gasteiger partial charge < -0.3 is 10.1 Å². The van der Waals surface area contributed by atoms with Crippen molar-refractivity contribution in [3.8, 4) is 12.3 Å². The van der Waals surface area contributed by atoms with E-state index in [4.69, 9.17) is 11.2 Å². The topological polar surface area (TPSA) is 38.3 Å². The molecule has 0 radical (unpaired) electrons. The van der Waals surface area contributed by atoms with Crippen molar-refractivity contribution < 1.29 is 9.53 Å². The van der Waals surface area contributed by atoms with Gasteiger partial charge in [-0.05, 0) is 12.3 Å². The number of nitrogens with one attached hydrogen (secondary N) is 1. The van der Waals surface area contributed by atoms with Gasteiger partial charge in [0.25, 0.3) is 0 Å². The number of esters is 1. The van der Waals surface area contributed by atoms with Gasteiger partial charge in [0, 0.05) is 13.0 Å². The normalized spacial score (nSPS) is 12.2. The Bertz CT molecular complexity index is 206. The Morgan fingerprint density at radius 3 is 2.64 bits per heavy atom. The van der Waals surface area contributed by atoms with E-state index in [1.807, 2.05) is 0 Å². The lowest BCUT2D eigenvalue weighted by Gasteiger charge is -2.17. The van der Waals surface area contributed by atoms with E-state index in [-0.39, 0.29) is 12.0 Å². The predicted molar refractivity (Wildman–Crippen MR) is 56.7 cm³/mol. The summed E-state index contributed by atoms with van der Waals surface area (Å²) in [5.41, 5.74) is 0. The third kappa shape index (κ3) is 5.60. The van der Waals surface area contributed by atoms with Gasteiger partial charge in [0.05, 0.1) is 7.11 Å². The molecule has 0 saturated carbocycles. The van der Waals surface area contributed by atoms with Gasteiger partial charge in [0.2, 0.25) is 0 Å². The second-order valence-electron chi connectivity index (χ2n) is 3.61. The molecule has 0 fully saturated rings. The zero-order valence-electron chi connectivity index (χ0n) is 9.17. The Kier molecular flexibility index (Phi) is 6.87. The molecule has 0 aromatic carbocycles. The van der Waals surface area contributed by atoms with Gasteiger partial charge >= 0.3 is 5.97 Å². The molecule has 0 aliphatic rings. The SMILES string of the molecule is C#CCCNC(CC(C)C)C(=O)OC. The predicted octanol–water partition coefficient (Wildman–Crippen LogP) is 1.19. The summed E-state index contributed by atoms with van der Waals surface area (Å²) in [4.78, 5) is 11.3. The van der Waals surface area contributed by atoms with Crippen LogP contribution in [0, 0.1) is 18.3 Å². The number of methoxy groups -OCH3 is 1. The molecular formula is C11H19NO2. The summed E-state index contributed by atoms with van der Waals surface area (Å²) in [5.74, 6) is 2.76. The van der Waals surface area contributed by atoms with Crippen LogP contribution >= 0.6 is 0 Å². The molecule has 0 heterocycles. The Morgan fingerprint density at radius 1 is 1.57 bits per heavy atom. The summed E-state index contributed by atoms with van der Waals surface area (Å²) in [6.45, 7) is 4.79. The van der Waals surface area contributed by atoms with Crippen molar-refractivity contribution in [2.24, 2.45) is 5.92 Å². The van der Waals surface area contributed by atoms with E-state index in [0.717, 1.165) is 6.42 Å². The fraction of sp³-hybridized carbons (Fsp3) is 0.727. The molecule has 80 valence electrons. The van der Waals surface area contributed by atoms with Crippen molar-refractivity contribution in [2.45, 2.75) is 32.7 Å². The number of ether oxygens (including phenoxy) is 1. The van der Waals surface area contributed by atoms with Crippen molar-refractivity contribution in [3.05, 3.63) is 0 Å². The van der Waals surface area contributed by atoms with Crippen molar-refractivity contribution in [1.82, 2.24) is 5.32 Å². The van der Waals surface area contributed by atoms with Crippen LogP contribution in [0.3, 0.4) is 0 Å². The van der Waals surface area contributed by atoms with E-state index in [9.17, 15) is 4.79 Å². The Balaban J connectivity index is 3.98.